The first-order valence-corrected chi connectivity index (χ1v) is 8.21. The van der Waals surface area contributed by atoms with Gasteiger partial charge in [0.2, 0.25) is 0 Å². The van der Waals surface area contributed by atoms with Gasteiger partial charge < -0.3 is 10.1 Å². The minimum Gasteiger partial charge on any atom is -0.465 e. The summed E-state index contributed by atoms with van der Waals surface area (Å²) < 4.78 is 4.65. The molecule has 0 atom stereocenters. The lowest BCUT2D eigenvalue weighted by molar-refractivity contribution is -0.112. The second kappa shape index (κ2) is 7.98. The molecule has 3 aromatic carbocycles. The molecule has 0 spiro atoms. The summed E-state index contributed by atoms with van der Waals surface area (Å²) in [5.74, 6) is -0.939. The molecule has 0 fully saturated rings. The lowest BCUT2D eigenvalue weighted by Crippen LogP contribution is -2.13. The van der Waals surface area contributed by atoms with Gasteiger partial charge in [0.1, 0.15) is 11.6 Å². The second-order valence-corrected chi connectivity index (χ2v) is 5.76. The van der Waals surface area contributed by atoms with E-state index in [-0.39, 0.29) is 5.57 Å². The Hall–Kier alpha value is -3.91. The molecule has 132 valence electrons. The molecule has 0 radical (unpaired) electrons. The van der Waals surface area contributed by atoms with Crippen molar-refractivity contribution in [2.75, 3.05) is 12.4 Å². The predicted octanol–water partition coefficient (Wildman–Crippen LogP) is 4.17. The van der Waals surface area contributed by atoms with Gasteiger partial charge in [0.25, 0.3) is 5.91 Å². The highest BCUT2D eigenvalue weighted by Crippen LogP contribution is 2.23. The molecule has 0 unspecified atom stereocenters. The number of nitrogens with zero attached hydrogens (tertiary/aromatic N) is 1. The summed E-state index contributed by atoms with van der Waals surface area (Å²) in [5, 5.41) is 14.1. The number of hydrogen-bond donors (Lipinski definition) is 1. The molecule has 5 heteroatoms. The Kier molecular flexibility index (Phi) is 5.29. The van der Waals surface area contributed by atoms with Gasteiger partial charge in [0.15, 0.2) is 0 Å². The maximum absolute atomic E-state index is 12.5. The highest BCUT2D eigenvalue weighted by Gasteiger charge is 2.11. The second-order valence-electron chi connectivity index (χ2n) is 5.76. The molecular weight excluding hydrogens is 340 g/mol. The lowest BCUT2D eigenvalue weighted by Gasteiger charge is -2.08. The monoisotopic (exact) mass is 356 g/mol. The Labute approximate surface area is 156 Å². The van der Waals surface area contributed by atoms with E-state index in [0.29, 0.717) is 16.8 Å². The van der Waals surface area contributed by atoms with Crippen LogP contribution in [0.3, 0.4) is 0 Å². The van der Waals surface area contributed by atoms with Crippen molar-refractivity contribution in [2.24, 2.45) is 0 Å². The number of esters is 1. The van der Waals surface area contributed by atoms with E-state index in [1.807, 2.05) is 42.5 Å². The number of fused-ring (bicyclic) bond motifs is 1. The number of ether oxygens (including phenoxy) is 1. The summed E-state index contributed by atoms with van der Waals surface area (Å²) >= 11 is 0. The van der Waals surface area contributed by atoms with Crippen LogP contribution in [0.1, 0.15) is 15.9 Å². The Bertz CT molecular complexity index is 1070. The standard InChI is InChI=1S/C22H16N2O3/c1-27-22(26)17-11-9-15(10-12-17)13-18(14-23)21(25)24-20-8-4-6-16-5-2-3-7-19(16)20/h2-13H,1H3,(H,24,25)/b18-13+. The molecular formula is C22H16N2O3. The Morgan fingerprint density at radius 3 is 2.41 bits per heavy atom. The van der Waals surface area contributed by atoms with E-state index in [9.17, 15) is 14.9 Å². The van der Waals surface area contributed by atoms with E-state index in [1.165, 1.54) is 13.2 Å². The largest absolute Gasteiger partial charge is 0.465 e. The van der Waals surface area contributed by atoms with E-state index >= 15 is 0 Å². The number of carbonyl (C=O) groups excluding carboxylic acids is 2. The molecule has 27 heavy (non-hydrogen) atoms. The van der Waals surface area contributed by atoms with Gasteiger partial charge in [-0.1, -0.05) is 48.5 Å². The minimum absolute atomic E-state index is 0.0336. The van der Waals surface area contributed by atoms with Crippen LogP contribution in [-0.2, 0) is 9.53 Å². The Balaban J connectivity index is 1.84. The van der Waals surface area contributed by atoms with E-state index in [4.69, 9.17) is 0 Å². The number of nitrogens with one attached hydrogen (secondary N) is 1. The SMILES string of the molecule is COC(=O)c1ccc(/C=C(\C#N)C(=O)Nc2cccc3ccccc23)cc1. The van der Waals surface area contributed by atoms with Gasteiger partial charge in [-0.05, 0) is 35.2 Å². The first-order chi connectivity index (χ1) is 13.1. The summed E-state index contributed by atoms with van der Waals surface area (Å²) in [6.45, 7) is 0. The van der Waals surface area contributed by atoms with Crippen molar-refractivity contribution in [2.45, 2.75) is 0 Å². The van der Waals surface area contributed by atoms with Crippen LogP contribution in [0.2, 0.25) is 0 Å². The van der Waals surface area contributed by atoms with Crippen LogP contribution in [0, 0.1) is 11.3 Å². The summed E-state index contributed by atoms with van der Waals surface area (Å²) in [5.41, 5.74) is 1.63. The molecule has 5 nitrogen and oxygen atoms in total. The van der Waals surface area contributed by atoms with E-state index in [0.717, 1.165) is 10.8 Å². The maximum Gasteiger partial charge on any atom is 0.337 e. The van der Waals surface area contributed by atoms with Gasteiger partial charge in [0, 0.05) is 11.1 Å². The van der Waals surface area contributed by atoms with E-state index < -0.39 is 11.9 Å². The number of hydrogen-bond acceptors (Lipinski definition) is 4. The fraction of sp³-hybridized carbons (Fsp3) is 0.0455. The quantitative estimate of drug-likeness (QED) is 0.432. The summed E-state index contributed by atoms with van der Waals surface area (Å²) in [6.07, 6.45) is 1.47. The highest BCUT2D eigenvalue weighted by atomic mass is 16.5. The maximum atomic E-state index is 12.5. The lowest BCUT2D eigenvalue weighted by atomic mass is 10.1. The predicted molar refractivity (Wildman–Crippen MR) is 104 cm³/mol. The fourth-order valence-electron chi connectivity index (χ4n) is 2.67. The molecule has 0 saturated heterocycles. The average molecular weight is 356 g/mol. The number of nitriles is 1. The van der Waals surface area contributed by atoms with Gasteiger partial charge in [-0.15, -0.1) is 0 Å². The van der Waals surface area contributed by atoms with Crippen LogP contribution in [0.5, 0.6) is 0 Å². The zero-order valence-electron chi connectivity index (χ0n) is 14.6. The number of benzene rings is 3. The van der Waals surface area contributed by atoms with Crippen LogP contribution < -0.4 is 5.32 Å². The number of amides is 1. The van der Waals surface area contributed by atoms with Gasteiger partial charge in [0.05, 0.1) is 12.7 Å². The Morgan fingerprint density at radius 1 is 1.00 bits per heavy atom. The van der Waals surface area contributed by atoms with Gasteiger partial charge in [-0.3, -0.25) is 4.79 Å². The zero-order chi connectivity index (χ0) is 19.2. The number of methoxy groups -OCH3 is 1. The van der Waals surface area contributed by atoms with Crippen LogP contribution in [0.4, 0.5) is 5.69 Å². The first-order valence-electron chi connectivity index (χ1n) is 8.21. The third-order valence-corrected chi connectivity index (χ3v) is 4.05. The van der Waals surface area contributed by atoms with Crippen molar-refractivity contribution in [1.29, 1.82) is 5.26 Å². The van der Waals surface area contributed by atoms with E-state index in [2.05, 4.69) is 10.1 Å². The molecule has 1 amide bonds. The van der Waals surface area contributed by atoms with Gasteiger partial charge >= 0.3 is 5.97 Å². The van der Waals surface area contributed by atoms with E-state index in [1.54, 1.807) is 30.3 Å². The third-order valence-electron chi connectivity index (χ3n) is 4.05. The summed E-state index contributed by atoms with van der Waals surface area (Å²) in [7, 11) is 1.31. The first kappa shape index (κ1) is 17.9. The summed E-state index contributed by atoms with van der Waals surface area (Å²) in [4.78, 5) is 24.0. The smallest absolute Gasteiger partial charge is 0.337 e. The number of rotatable bonds is 4. The fourth-order valence-corrected chi connectivity index (χ4v) is 2.67. The van der Waals surface area contributed by atoms with Crippen molar-refractivity contribution in [3.05, 3.63) is 83.4 Å². The molecule has 3 aromatic rings. The highest BCUT2D eigenvalue weighted by molar-refractivity contribution is 6.12. The molecule has 3 rings (SSSR count). The summed E-state index contributed by atoms with van der Waals surface area (Å²) in [6, 6.07) is 21.6. The molecule has 0 heterocycles. The normalized spacial score (nSPS) is 10.9. The zero-order valence-corrected chi connectivity index (χ0v) is 14.6. The number of anilines is 1. The molecule has 0 saturated carbocycles. The van der Waals surface area contributed by atoms with Crippen LogP contribution in [0.25, 0.3) is 16.8 Å². The van der Waals surface area contributed by atoms with Crippen molar-refractivity contribution in [3.8, 4) is 6.07 Å². The van der Waals surface area contributed by atoms with Crippen LogP contribution in [-0.4, -0.2) is 19.0 Å². The number of carbonyl (C=O) groups is 2. The average Bonchev–Trinajstić information content (AvgIpc) is 2.72. The van der Waals surface area contributed by atoms with Crippen molar-refractivity contribution in [3.63, 3.8) is 0 Å². The molecule has 0 aliphatic rings. The topological polar surface area (TPSA) is 79.2 Å². The van der Waals surface area contributed by atoms with Crippen molar-refractivity contribution < 1.29 is 14.3 Å². The Morgan fingerprint density at radius 2 is 1.70 bits per heavy atom. The molecule has 0 aromatic heterocycles. The molecule has 1 N–H and O–H groups in total. The van der Waals surface area contributed by atoms with Crippen LogP contribution >= 0.6 is 0 Å². The van der Waals surface area contributed by atoms with Gasteiger partial charge in [-0.25, -0.2) is 4.79 Å². The minimum atomic E-state index is -0.495. The molecule has 0 bridgehead atoms. The van der Waals surface area contributed by atoms with Crippen LogP contribution in [0.15, 0.2) is 72.3 Å². The van der Waals surface area contributed by atoms with Crippen molar-refractivity contribution in [1.82, 2.24) is 0 Å². The van der Waals surface area contributed by atoms with Gasteiger partial charge in [-0.2, -0.15) is 5.26 Å². The van der Waals surface area contributed by atoms with Crippen molar-refractivity contribution >= 4 is 34.4 Å². The molecule has 0 aliphatic heterocycles. The molecule has 0 aliphatic carbocycles. The third kappa shape index (κ3) is 4.02.